The minimum atomic E-state index is -0.660. The number of fused-ring (bicyclic) bond motifs is 1. The fraction of sp³-hybridized carbons (Fsp3) is 0. The molecule has 0 unspecified atom stereocenters. The predicted molar refractivity (Wildman–Crippen MR) is 54.4 cm³/mol. The minimum Gasteiger partial charge on any atom is -0.383 e. The van der Waals surface area contributed by atoms with Crippen LogP contribution >= 0.6 is 15.9 Å². The van der Waals surface area contributed by atoms with Crippen molar-refractivity contribution in [2.24, 2.45) is 0 Å². The van der Waals surface area contributed by atoms with E-state index in [1.54, 1.807) is 6.07 Å². The monoisotopic (exact) mass is 257 g/mol. The van der Waals surface area contributed by atoms with Gasteiger partial charge >= 0.3 is 5.69 Å². The minimum absolute atomic E-state index is 0.0233. The Kier molecular flexibility index (Phi) is 1.99. The van der Waals surface area contributed by atoms with Gasteiger partial charge in [0.2, 0.25) is 0 Å². The van der Waals surface area contributed by atoms with Crippen LogP contribution in [0.3, 0.4) is 0 Å². The molecule has 0 radical (unpaired) electrons. The lowest BCUT2D eigenvalue weighted by Gasteiger charge is -2.02. The summed E-state index contributed by atoms with van der Waals surface area (Å²) in [5, 5.41) is 0.394. The zero-order valence-corrected chi connectivity index (χ0v) is 8.43. The Bertz CT molecular complexity index is 566. The molecule has 0 aliphatic rings. The van der Waals surface area contributed by atoms with Gasteiger partial charge in [-0.15, -0.1) is 0 Å². The van der Waals surface area contributed by atoms with Crippen molar-refractivity contribution in [2.45, 2.75) is 0 Å². The predicted octanol–water partition coefficient (Wildman–Crippen LogP) is 1.41. The van der Waals surface area contributed by atoms with E-state index in [9.17, 15) is 9.18 Å². The molecule has 0 saturated carbocycles. The van der Waals surface area contributed by atoms with Crippen LogP contribution in [0.2, 0.25) is 0 Å². The Morgan fingerprint density at radius 1 is 1.50 bits per heavy atom. The molecule has 0 spiro atoms. The largest absolute Gasteiger partial charge is 0.383 e. The summed E-state index contributed by atoms with van der Waals surface area (Å²) in [5.74, 6) is -0.524. The van der Waals surface area contributed by atoms with E-state index in [0.29, 0.717) is 5.39 Å². The lowest BCUT2D eigenvalue weighted by molar-refractivity contribution is 0.629. The molecule has 6 heteroatoms. The van der Waals surface area contributed by atoms with Gasteiger partial charge in [-0.2, -0.15) is 4.98 Å². The zero-order chi connectivity index (χ0) is 10.3. The van der Waals surface area contributed by atoms with Crippen molar-refractivity contribution in [3.8, 4) is 0 Å². The molecule has 0 amide bonds. The normalized spacial score (nSPS) is 10.7. The lowest BCUT2D eigenvalue weighted by atomic mass is 10.2. The first-order chi connectivity index (χ1) is 6.59. The number of hydrogen-bond donors (Lipinski definition) is 2. The first-order valence-electron chi connectivity index (χ1n) is 3.73. The highest BCUT2D eigenvalue weighted by Crippen LogP contribution is 2.24. The van der Waals surface area contributed by atoms with Crippen LogP contribution in [0.5, 0.6) is 0 Å². The van der Waals surface area contributed by atoms with Crippen LogP contribution in [0, 0.1) is 5.82 Å². The van der Waals surface area contributed by atoms with Crippen molar-refractivity contribution < 1.29 is 4.39 Å². The topological polar surface area (TPSA) is 71.8 Å². The molecule has 0 aliphatic carbocycles. The Balaban J connectivity index is 3.02. The molecule has 1 aromatic carbocycles. The third kappa shape index (κ3) is 1.27. The van der Waals surface area contributed by atoms with Crippen LogP contribution in [-0.2, 0) is 0 Å². The van der Waals surface area contributed by atoms with Crippen LogP contribution in [0.15, 0.2) is 21.4 Å². The summed E-state index contributed by atoms with van der Waals surface area (Å²) in [7, 11) is 0. The molecular formula is C8H5BrFN3O. The van der Waals surface area contributed by atoms with Gasteiger partial charge in [0.25, 0.3) is 0 Å². The van der Waals surface area contributed by atoms with E-state index in [1.807, 2.05) is 0 Å². The fourth-order valence-electron chi connectivity index (χ4n) is 1.19. The second-order valence-corrected chi connectivity index (χ2v) is 3.57. The average Bonchev–Trinajstić information content (AvgIpc) is 2.12. The van der Waals surface area contributed by atoms with Crippen LogP contribution in [0.1, 0.15) is 0 Å². The number of hydrogen-bond acceptors (Lipinski definition) is 3. The molecule has 1 aromatic heterocycles. The Hall–Kier alpha value is -1.43. The molecule has 3 N–H and O–H groups in total. The summed E-state index contributed by atoms with van der Waals surface area (Å²) in [6.45, 7) is 0. The number of nitrogens with zero attached hydrogens (tertiary/aromatic N) is 1. The quantitative estimate of drug-likeness (QED) is 0.750. The van der Waals surface area contributed by atoms with Gasteiger partial charge in [-0.05, 0) is 28.1 Å². The first kappa shape index (κ1) is 9.14. The van der Waals surface area contributed by atoms with Crippen LogP contribution < -0.4 is 11.4 Å². The van der Waals surface area contributed by atoms with Gasteiger partial charge in [0.15, 0.2) is 5.82 Å². The number of nitrogens with two attached hydrogens (primary N) is 1. The number of rotatable bonds is 0. The number of aromatic amines is 1. The number of halogens is 2. The number of aromatic nitrogens is 2. The van der Waals surface area contributed by atoms with Crippen molar-refractivity contribution in [1.29, 1.82) is 0 Å². The van der Waals surface area contributed by atoms with Crippen LogP contribution in [0.25, 0.3) is 10.9 Å². The van der Waals surface area contributed by atoms with E-state index in [2.05, 4.69) is 25.9 Å². The summed E-state index contributed by atoms with van der Waals surface area (Å²) in [5.41, 5.74) is 4.87. The molecule has 72 valence electrons. The van der Waals surface area contributed by atoms with Crippen molar-refractivity contribution >= 4 is 32.7 Å². The molecule has 4 nitrogen and oxygen atoms in total. The van der Waals surface area contributed by atoms with Gasteiger partial charge in [0.1, 0.15) is 5.82 Å². The standard InChI is InChI=1S/C8H5BrFN3O/c9-4-2-1-3-6(5(4)10)12-8(14)13-7(3)11/h1-2H,(H3,11,12,13,14). The van der Waals surface area contributed by atoms with Gasteiger partial charge in [-0.1, -0.05) is 0 Å². The second-order valence-electron chi connectivity index (χ2n) is 2.71. The number of nitrogens with one attached hydrogen (secondary N) is 1. The van der Waals surface area contributed by atoms with E-state index in [4.69, 9.17) is 5.73 Å². The van der Waals surface area contributed by atoms with E-state index in [1.165, 1.54) is 6.07 Å². The smallest absolute Gasteiger partial charge is 0.347 e. The zero-order valence-electron chi connectivity index (χ0n) is 6.84. The summed E-state index contributed by atoms with van der Waals surface area (Å²) < 4.78 is 13.7. The Labute approximate surface area is 86.1 Å². The maximum absolute atomic E-state index is 13.5. The number of benzene rings is 1. The maximum Gasteiger partial charge on any atom is 0.347 e. The van der Waals surface area contributed by atoms with Crippen molar-refractivity contribution in [3.63, 3.8) is 0 Å². The van der Waals surface area contributed by atoms with Gasteiger partial charge in [-0.25, -0.2) is 9.18 Å². The second kappa shape index (κ2) is 3.06. The van der Waals surface area contributed by atoms with Gasteiger partial charge in [0.05, 0.1) is 9.99 Å². The molecule has 2 aromatic rings. The van der Waals surface area contributed by atoms with Gasteiger partial charge in [0, 0.05) is 5.39 Å². The lowest BCUT2D eigenvalue weighted by Crippen LogP contribution is -2.13. The summed E-state index contributed by atoms with van der Waals surface area (Å²) in [4.78, 5) is 16.7. The van der Waals surface area contributed by atoms with E-state index < -0.39 is 11.5 Å². The molecule has 0 fully saturated rings. The van der Waals surface area contributed by atoms with Gasteiger partial charge in [-0.3, -0.25) is 0 Å². The summed E-state index contributed by atoms with van der Waals surface area (Å²) in [6.07, 6.45) is 0. The molecule has 0 saturated heterocycles. The fourth-order valence-corrected chi connectivity index (χ4v) is 1.52. The van der Waals surface area contributed by atoms with E-state index >= 15 is 0 Å². The van der Waals surface area contributed by atoms with E-state index in [-0.39, 0.29) is 15.8 Å². The van der Waals surface area contributed by atoms with Crippen LogP contribution in [-0.4, -0.2) is 9.97 Å². The molecule has 0 bridgehead atoms. The maximum atomic E-state index is 13.5. The first-order valence-corrected chi connectivity index (χ1v) is 4.52. The summed E-state index contributed by atoms with van der Waals surface area (Å²) in [6, 6.07) is 3.09. The van der Waals surface area contributed by atoms with Crippen molar-refractivity contribution in [2.75, 3.05) is 5.73 Å². The van der Waals surface area contributed by atoms with Crippen molar-refractivity contribution in [3.05, 3.63) is 32.9 Å². The average molecular weight is 258 g/mol. The molecule has 14 heavy (non-hydrogen) atoms. The highest BCUT2D eigenvalue weighted by Gasteiger charge is 2.09. The number of H-pyrrole nitrogens is 1. The Morgan fingerprint density at radius 2 is 2.21 bits per heavy atom. The highest BCUT2D eigenvalue weighted by molar-refractivity contribution is 9.10. The summed E-state index contributed by atoms with van der Waals surface area (Å²) >= 11 is 3.01. The molecule has 2 rings (SSSR count). The van der Waals surface area contributed by atoms with Gasteiger partial charge < -0.3 is 10.7 Å². The third-order valence-electron chi connectivity index (χ3n) is 1.82. The third-order valence-corrected chi connectivity index (χ3v) is 2.44. The molecule has 1 heterocycles. The van der Waals surface area contributed by atoms with Crippen molar-refractivity contribution in [1.82, 2.24) is 9.97 Å². The van der Waals surface area contributed by atoms with E-state index in [0.717, 1.165) is 0 Å². The molecule has 0 atom stereocenters. The number of nitrogen functional groups attached to an aromatic ring is 1. The molecule has 0 aliphatic heterocycles. The SMILES string of the molecule is Nc1nc(=O)[nH]c2c(F)c(Br)ccc12. The Morgan fingerprint density at radius 3 is 2.93 bits per heavy atom. The number of anilines is 1. The molecular weight excluding hydrogens is 253 g/mol. The van der Waals surface area contributed by atoms with Crippen LogP contribution in [0.4, 0.5) is 10.2 Å². The highest BCUT2D eigenvalue weighted by atomic mass is 79.9.